The molecule has 17 heavy (non-hydrogen) atoms. The largest absolute Gasteiger partial charge is 0.406 e. The van der Waals surface area contributed by atoms with E-state index in [0.29, 0.717) is 11.4 Å². The summed E-state index contributed by atoms with van der Waals surface area (Å²) in [4.78, 5) is 4.76. The van der Waals surface area contributed by atoms with Crippen molar-refractivity contribution in [3.8, 4) is 0 Å². The Hall–Kier alpha value is -1.44. The van der Waals surface area contributed by atoms with Gasteiger partial charge in [0, 0.05) is 6.54 Å². The number of rotatable bonds is 4. The van der Waals surface area contributed by atoms with Crippen molar-refractivity contribution < 1.29 is 18.3 Å². The highest BCUT2D eigenvalue weighted by molar-refractivity contribution is 5.30. The van der Waals surface area contributed by atoms with Crippen molar-refractivity contribution in [2.45, 2.75) is 20.0 Å². The lowest BCUT2D eigenvalue weighted by molar-refractivity contribution is -0.120. The summed E-state index contributed by atoms with van der Waals surface area (Å²) in [5.41, 5.74) is 1.07. The number of anilines is 1. The van der Waals surface area contributed by atoms with Crippen LogP contribution < -0.4 is 4.90 Å². The normalized spacial score (nSPS) is 11.6. The van der Waals surface area contributed by atoms with Crippen molar-refractivity contribution >= 4 is 5.95 Å². The first-order chi connectivity index (χ1) is 7.83. The van der Waals surface area contributed by atoms with Gasteiger partial charge in [0.1, 0.15) is 6.54 Å². The summed E-state index contributed by atoms with van der Waals surface area (Å²) in [6.07, 6.45) is -4.38. The third-order valence-corrected chi connectivity index (χ3v) is 2.10. The molecule has 0 unspecified atom stereocenters. The molecule has 0 atom stereocenters. The van der Waals surface area contributed by atoms with Crippen LogP contribution in [0.3, 0.4) is 0 Å². The molecule has 0 saturated heterocycles. The van der Waals surface area contributed by atoms with Crippen LogP contribution in [0.2, 0.25) is 0 Å². The lowest BCUT2D eigenvalue weighted by atomic mass is 10.4. The summed E-state index contributed by atoms with van der Waals surface area (Å²) in [7, 11) is 0. The van der Waals surface area contributed by atoms with Gasteiger partial charge in [-0.15, -0.1) is 5.10 Å². The van der Waals surface area contributed by atoms with E-state index in [4.69, 9.17) is 5.11 Å². The maximum atomic E-state index is 12.3. The predicted molar refractivity (Wildman–Crippen MR) is 54.7 cm³/mol. The van der Waals surface area contributed by atoms with Gasteiger partial charge >= 0.3 is 6.18 Å². The van der Waals surface area contributed by atoms with Crippen molar-refractivity contribution in [1.82, 2.24) is 15.2 Å². The van der Waals surface area contributed by atoms with Gasteiger partial charge in [0.15, 0.2) is 0 Å². The van der Waals surface area contributed by atoms with Crippen LogP contribution in [0.5, 0.6) is 0 Å². The zero-order valence-electron chi connectivity index (χ0n) is 9.49. The molecular formula is C9H13F3N4O. The third kappa shape index (κ3) is 4.14. The maximum absolute atomic E-state index is 12.3. The molecule has 0 aromatic carbocycles. The van der Waals surface area contributed by atoms with Crippen LogP contribution >= 0.6 is 0 Å². The Morgan fingerprint density at radius 3 is 2.29 bits per heavy atom. The van der Waals surface area contributed by atoms with E-state index < -0.39 is 19.3 Å². The molecule has 0 aliphatic carbocycles. The van der Waals surface area contributed by atoms with Crippen molar-refractivity contribution in [3.63, 3.8) is 0 Å². The number of nitrogens with zero attached hydrogens (tertiary/aromatic N) is 4. The Labute approximate surface area is 96.3 Å². The molecule has 0 amide bonds. The lowest BCUT2D eigenvalue weighted by Gasteiger charge is -2.22. The molecule has 1 rings (SSSR count). The summed E-state index contributed by atoms with van der Waals surface area (Å²) in [5, 5.41) is 16.0. The highest BCUT2D eigenvalue weighted by atomic mass is 19.4. The molecule has 1 aromatic heterocycles. The number of aliphatic hydroxyl groups is 1. The first kappa shape index (κ1) is 13.6. The van der Waals surface area contributed by atoms with Crippen LogP contribution in [0.15, 0.2) is 0 Å². The standard InChI is InChI=1S/C9H13F3N4O/c1-6-7(2)14-15-8(13-6)16(3-4-17)5-9(10,11)12/h17H,3-5H2,1-2H3. The number of hydrogen-bond acceptors (Lipinski definition) is 5. The topological polar surface area (TPSA) is 62.1 Å². The summed E-state index contributed by atoms with van der Waals surface area (Å²) in [5.74, 6) is -0.125. The van der Waals surface area contributed by atoms with E-state index in [-0.39, 0.29) is 12.5 Å². The number of aliphatic hydroxyl groups excluding tert-OH is 1. The Morgan fingerprint density at radius 2 is 1.82 bits per heavy atom. The molecule has 1 heterocycles. The molecule has 0 fully saturated rings. The molecule has 0 aliphatic heterocycles. The first-order valence-electron chi connectivity index (χ1n) is 4.94. The fraction of sp³-hybridized carbons (Fsp3) is 0.667. The van der Waals surface area contributed by atoms with E-state index in [1.165, 1.54) is 0 Å². The molecule has 1 N–H and O–H groups in total. The second-order valence-corrected chi connectivity index (χ2v) is 3.54. The van der Waals surface area contributed by atoms with Gasteiger partial charge in [0.05, 0.1) is 18.0 Å². The summed E-state index contributed by atoms with van der Waals surface area (Å²) in [6, 6.07) is 0. The molecule has 0 saturated carbocycles. The number of hydrogen-bond donors (Lipinski definition) is 1. The molecular weight excluding hydrogens is 237 g/mol. The number of alkyl halides is 3. The van der Waals surface area contributed by atoms with Crippen LogP contribution in [0.1, 0.15) is 11.4 Å². The predicted octanol–water partition coefficient (Wildman–Crippen LogP) is 0.849. The summed E-state index contributed by atoms with van der Waals surface area (Å²) in [6.45, 7) is 1.49. The quantitative estimate of drug-likeness (QED) is 0.858. The number of aromatic nitrogens is 3. The molecule has 5 nitrogen and oxygen atoms in total. The van der Waals surface area contributed by atoms with Gasteiger partial charge in [-0.1, -0.05) is 0 Å². The molecule has 0 aliphatic rings. The molecule has 1 aromatic rings. The van der Waals surface area contributed by atoms with Gasteiger partial charge < -0.3 is 10.0 Å². The SMILES string of the molecule is Cc1nnc(N(CCO)CC(F)(F)F)nc1C. The van der Waals surface area contributed by atoms with Crippen molar-refractivity contribution in [2.75, 3.05) is 24.6 Å². The van der Waals surface area contributed by atoms with Crippen molar-refractivity contribution in [3.05, 3.63) is 11.4 Å². The monoisotopic (exact) mass is 250 g/mol. The number of halogens is 3. The second kappa shape index (κ2) is 5.26. The molecule has 0 spiro atoms. The fourth-order valence-electron chi connectivity index (χ4n) is 1.17. The Morgan fingerprint density at radius 1 is 1.18 bits per heavy atom. The summed E-state index contributed by atoms with van der Waals surface area (Å²) >= 11 is 0. The summed E-state index contributed by atoms with van der Waals surface area (Å²) < 4.78 is 36.9. The average molecular weight is 250 g/mol. The minimum atomic E-state index is -4.38. The maximum Gasteiger partial charge on any atom is 0.406 e. The second-order valence-electron chi connectivity index (χ2n) is 3.54. The van der Waals surface area contributed by atoms with Crippen LogP contribution in [0.4, 0.5) is 19.1 Å². The van der Waals surface area contributed by atoms with E-state index >= 15 is 0 Å². The Balaban J connectivity index is 2.93. The highest BCUT2D eigenvalue weighted by Crippen LogP contribution is 2.19. The van der Waals surface area contributed by atoms with E-state index in [2.05, 4.69) is 15.2 Å². The molecule has 0 radical (unpaired) electrons. The van der Waals surface area contributed by atoms with Gasteiger partial charge in [-0.3, -0.25) is 0 Å². The number of aryl methyl sites for hydroxylation is 2. The van der Waals surface area contributed by atoms with Gasteiger partial charge in [0.25, 0.3) is 0 Å². The van der Waals surface area contributed by atoms with Gasteiger partial charge in [-0.05, 0) is 13.8 Å². The fourth-order valence-corrected chi connectivity index (χ4v) is 1.17. The minimum Gasteiger partial charge on any atom is -0.395 e. The Kier molecular flexibility index (Phi) is 4.22. The van der Waals surface area contributed by atoms with Gasteiger partial charge in [0.2, 0.25) is 5.95 Å². The van der Waals surface area contributed by atoms with Crippen LogP contribution in [-0.2, 0) is 0 Å². The molecule has 8 heteroatoms. The van der Waals surface area contributed by atoms with Crippen molar-refractivity contribution in [2.24, 2.45) is 0 Å². The van der Waals surface area contributed by atoms with Gasteiger partial charge in [-0.25, -0.2) is 4.98 Å². The third-order valence-electron chi connectivity index (χ3n) is 2.10. The van der Waals surface area contributed by atoms with E-state index in [1.54, 1.807) is 13.8 Å². The van der Waals surface area contributed by atoms with Crippen LogP contribution in [-0.4, -0.2) is 46.2 Å². The Bertz CT molecular complexity index is 383. The van der Waals surface area contributed by atoms with E-state index in [9.17, 15) is 13.2 Å². The lowest BCUT2D eigenvalue weighted by Crippen LogP contribution is -2.37. The molecule has 0 bridgehead atoms. The van der Waals surface area contributed by atoms with Crippen LogP contribution in [0, 0.1) is 13.8 Å². The van der Waals surface area contributed by atoms with Gasteiger partial charge in [-0.2, -0.15) is 18.3 Å². The zero-order valence-corrected chi connectivity index (χ0v) is 9.49. The minimum absolute atomic E-state index is 0.125. The first-order valence-corrected chi connectivity index (χ1v) is 4.94. The average Bonchev–Trinajstić information content (AvgIpc) is 2.19. The van der Waals surface area contributed by atoms with Crippen LogP contribution in [0.25, 0.3) is 0 Å². The zero-order chi connectivity index (χ0) is 13.1. The highest BCUT2D eigenvalue weighted by Gasteiger charge is 2.32. The smallest absolute Gasteiger partial charge is 0.395 e. The van der Waals surface area contributed by atoms with E-state index in [1.807, 2.05) is 0 Å². The van der Waals surface area contributed by atoms with Crippen molar-refractivity contribution in [1.29, 1.82) is 0 Å². The molecule has 96 valence electrons. The van der Waals surface area contributed by atoms with E-state index in [0.717, 1.165) is 4.90 Å².